The van der Waals surface area contributed by atoms with Gasteiger partial charge in [-0.3, -0.25) is 10.2 Å². The van der Waals surface area contributed by atoms with E-state index in [2.05, 4.69) is 5.43 Å². The maximum absolute atomic E-state index is 14.2. The number of hydrazine groups is 1. The van der Waals surface area contributed by atoms with Crippen LogP contribution in [0, 0.1) is 0 Å². The number of nitrogens with one attached hydrogen (secondary N) is 1. The third kappa shape index (κ3) is 3.94. The Hall–Kier alpha value is -2.28. The second-order valence-electron chi connectivity index (χ2n) is 7.75. The lowest BCUT2D eigenvalue weighted by Crippen LogP contribution is -2.51. The number of nitrogens with zero attached hydrogens (tertiary/aromatic N) is 1. The molecule has 152 valence electrons. The molecule has 1 aliphatic rings. The monoisotopic (exact) mass is 394 g/mol. The number of carbonyl (C=O) groups excluding carboxylic acids is 1. The summed E-state index contributed by atoms with van der Waals surface area (Å²) in [7, 11) is 0. The Labute approximate surface area is 162 Å². The van der Waals surface area contributed by atoms with Crippen LogP contribution in [-0.2, 0) is 4.79 Å². The number of hydrogen-bond acceptors (Lipinski definition) is 3. The van der Waals surface area contributed by atoms with E-state index in [0.717, 1.165) is 23.2 Å². The van der Waals surface area contributed by atoms with Crippen LogP contribution in [0.2, 0.25) is 0 Å². The molecule has 3 rings (SSSR count). The molecule has 28 heavy (non-hydrogen) atoms. The number of halogens is 3. The SMILES string of the molecule is CCCCOc1c(C(N2NC(=O)CC2(C)C)C(F)(F)F)ccc2ccccc12. The van der Waals surface area contributed by atoms with Gasteiger partial charge in [0.1, 0.15) is 5.75 Å². The summed E-state index contributed by atoms with van der Waals surface area (Å²) >= 11 is 0. The van der Waals surface area contributed by atoms with Crippen molar-refractivity contribution in [1.82, 2.24) is 10.4 Å². The van der Waals surface area contributed by atoms with Crippen molar-refractivity contribution in [2.24, 2.45) is 0 Å². The van der Waals surface area contributed by atoms with Crippen molar-refractivity contribution in [3.8, 4) is 5.75 Å². The van der Waals surface area contributed by atoms with Crippen molar-refractivity contribution < 1.29 is 22.7 Å². The van der Waals surface area contributed by atoms with Gasteiger partial charge in [-0.05, 0) is 25.7 Å². The molecule has 0 bridgehead atoms. The molecule has 1 aliphatic heterocycles. The maximum Gasteiger partial charge on any atom is 0.410 e. The Kier molecular flexibility index (Phi) is 5.57. The number of rotatable bonds is 6. The van der Waals surface area contributed by atoms with Gasteiger partial charge in [-0.15, -0.1) is 0 Å². The topological polar surface area (TPSA) is 41.6 Å². The van der Waals surface area contributed by atoms with Gasteiger partial charge in [-0.25, -0.2) is 0 Å². The minimum Gasteiger partial charge on any atom is -0.493 e. The molecule has 1 atom stereocenters. The van der Waals surface area contributed by atoms with Gasteiger partial charge >= 0.3 is 6.18 Å². The molecule has 2 aromatic rings. The lowest BCUT2D eigenvalue weighted by atomic mass is 9.94. The fourth-order valence-electron chi connectivity index (χ4n) is 3.63. The van der Waals surface area contributed by atoms with Crippen LogP contribution >= 0.6 is 0 Å². The summed E-state index contributed by atoms with van der Waals surface area (Å²) in [6, 6.07) is 8.35. The van der Waals surface area contributed by atoms with Crippen LogP contribution in [0.5, 0.6) is 5.75 Å². The van der Waals surface area contributed by atoms with Gasteiger partial charge < -0.3 is 4.74 Å². The highest BCUT2D eigenvalue weighted by molar-refractivity contribution is 5.90. The highest BCUT2D eigenvalue weighted by atomic mass is 19.4. The molecule has 0 aliphatic carbocycles. The molecule has 1 unspecified atom stereocenters. The van der Waals surface area contributed by atoms with E-state index in [9.17, 15) is 18.0 Å². The van der Waals surface area contributed by atoms with E-state index in [0.29, 0.717) is 12.0 Å². The van der Waals surface area contributed by atoms with Crippen molar-refractivity contribution in [3.05, 3.63) is 42.0 Å². The lowest BCUT2D eigenvalue weighted by Gasteiger charge is -2.38. The average Bonchev–Trinajstić information content (AvgIpc) is 2.87. The van der Waals surface area contributed by atoms with Crippen LogP contribution in [-0.4, -0.2) is 29.2 Å². The van der Waals surface area contributed by atoms with E-state index in [1.165, 1.54) is 6.07 Å². The Morgan fingerprint density at radius 2 is 1.93 bits per heavy atom. The zero-order valence-corrected chi connectivity index (χ0v) is 16.3. The van der Waals surface area contributed by atoms with Crippen molar-refractivity contribution in [1.29, 1.82) is 0 Å². The zero-order valence-electron chi connectivity index (χ0n) is 16.3. The highest BCUT2D eigenvalue weighted by Gasteiger charge is 2.54. The van der Waals surface area contributed by atoms with E-state index in [4.69, 9.17) is 4.74 Å². The van der Waals surface area contributed by atoms with Gasteiger partial charge in [0.2, 0.25) is 5.91 Å². The van der Waals surface area contributed by atoms with Crippen LogP contribution in [0.15, 0.2) is 36.4 Å². The fourth-order valence-corrected chi connectivity index (χ4v) is 3.63. The number of fused-ring (bicyclic) bond motifs is 1. The molecular formula is C21H25F3N2O2. The molecule has 4 nitrogen and oxygen atoms in total. The van der Waals surface area contributed by atoms with Gasteiger partial charge in [-0.1, -0.05) is 49.7 Å². The van der Waals surface area contributed by atoms with Gasteiger partial charge in [0.15, 0.2) is 6.04 Å². The normalized spacial score (nSPS) is 18.3. The first-order valence-corrected chi connectivity index (χ1v) is 9.45. The van der Waals surface area contributed by atoms with E-state index >= 15 is 0 Å². The average molecular weight is 394 g/mol. The lowest BCUT2D eigenvalue weighted by molar-refractivity contribution is -0.204. The number of benzene rings is 2. The highest BCUT2D eigenvalue weighted by Crippen LogP contribution is 2.47. The van der Waals surface area contributed by atoms with E-state index in [1.54, 1.807) is 32.0 Å². The summed E-state index contributed by atoms with van der Waals surface area (Å²) in [6.07, 6.45) is -2.98. The smallest absolute Gasteiger partial charge is 0.410 e. The molecule has 1 heterocycles. The van der Waals surface area contributed by atoms with Crippen LogP contribution < -0.4 is 10.2 Å². The largest absolute Gasteiger partial charge is 0.493 e. The number of ether oxygens (including phenoxy) is 1. The van der Waals surface area contributed by atoms with Gasteiger partial charge in [0.05, 0.1) is 6.61 Å². The molecule has 7 heteroatoms. The van der Waals surface area contributed by atoms with Crippen LogP contribution in [0.1, 0.15) is 51.6 Å². The number of carbonyl (C=O) groups is 1. The Morgan fingerprint density at radius 3 is 2.54 bits per heavy atom. The minimum absolute atomic E-state index is 0.000807. The number of hydrogen-bond donors (Lipinski definition) is 1. The first-order valence-electron chi connectivity index (χ1n) is 9.45. The summed E-state index contributed by atoms with van der Waals surface area (Å²) in [5.74, 6) is -0.195. The fraction of sp³-hybridized carbons (Fsp3) is 0.476. The molecular weight excluding hydrogens is 369 g/mol. The summed E-state index contributed by atoms with van der Waals surface area (Å²) in [5.41, 5.74) is 1.44. The Bertz CT molecular complexity index is 864. The van der Waals surface area contributed by atoms with E-state index in [1.807, 2.05) is 19.1 Å². The van der Waals surface area contributed by atoms with Gasteiger partial charge in [0, 0.05) is 22.9 Å². The molecule has 1 amide bonds. The van der Waals surface area contributed by atoms with Crippen LogP contribution in [0.4, 0.5) is 13.2 Å². The molecule has 1 fully saturated rings. The molecule has 2 aromatic carbocycles. The van der Waals surface area contributed by atoms with Crippen molar-refractivity contribution in [2.45, 2.75) is 57.8 Å². The molecule has 1 saturated heterocycles. The van der Waals surface area contributed by atoms with Crippen molar-refractivity contribution in [2.75, 3.05) is 6.61 Å². The summed E-state index contributed by atoms with van der Waals surface area (Å²) in [5, 5.41) is 2.46. The molecule has 0 aromatic heterocycles. The maximum atomic E-state index is 14.2. The standard InChI is InChI=1S/C21H25F3N2O2/c1-4-5-12-28-18-15-9-7-6-8-14(15)10-11-16(18)19(21(22,23)24)26-20(2,3)13-17(27)25-26/h6-11,19H,4-5,12-13H2,1-3H3,(H,25,27). The number of amides is 1. The van der Waals surface area contributed by atoms with Gasteiger partial charge in [-0.2, -0.15) is 18.2 Å². The predicted molar refractivity (Wildman–Crippen MR) is 102 cm³/mol. The summed E-state index contributed by atoms with van der Waals surface area (Å²) < 4.78 is 48.6. The molecule has 1 N–H and O–H groups in total. The summed E-state index contributed by atoms with van der Waals surface area (Å²) in [4.78, 5) is 11.9. The summed E-state index contributed by atoms with van der Waals surface area (Å²) in [6.45, 7) is 5.58. The quantitative estimate of drug-likeness (QED) is 0.690. The number of unbranched alkanes of at least 4 members (excludes halogenated alkanes) is 1. The Morgan fingerprint density at radius 1 is 1.21 bits per heavy atom. The van der Waals surface area contributed by atoms with E-state index in [-0.39, 0.29) is 17.7 Å². The first kappa shape index (κ1) is 20.5. The van der Waals surface area contributed by atoms with E-state index < -0.39 is 23.7 Å². The third-order valence-corrected chi connectivity index (χ3v) is 5.01. The second kappa shape index (κ2) is 7.62. The molecule has 0 radical (unpaired) electrons. The molecule has 0 spiro atoms. The molecule has 0 saturated carbocycles. The van der Waals surface area contributed by atoms with Crippen molar-refractivity contribution >= 4 is 16.7 Å². The van der Waals surface area contributed by atoms with Crippen LogP contribution in [0.3, 0.4) is 0 Å². The third-order valence-electron chi connectivity index (χ3n) is 5.01. The van der Waals surface area contributed by atoms with Gasteiger partial charge in [0.25, 0.3) is 0 Å². The zero-order chi connectivity index (χ0) is 20.5. The predicted octanol–water partition coefficient (Wildman–Crippen LogP) is 5.14. The van der Waals surface area contributed by atoms with Crippen molar-refractivity contribution in [3.63, 3.8) is 0 Å². The second-order valence-corrected chi connectivity index (χ2v) is 7.75. The van der Waals surface area contributed by atoms with Crippen LogP contribution in [0.25, 0.3) is 10.8 Å². The Balaban J connectivity index is 2.17. The first-order chi connectivity index (χ1) is 13.1. The minimum atomic E-state index is -4.60. The number of alkyl halides is 3.